The molecule has 34 heavy (non-hydrogen) atoms. The minimum absolute atomic E-state index is 0.0347. The van der Waals surface area contributed by atoms with Gasteiger partial charge in [0.2, 0.25) is 11.8 Å². The quantitative estimate of drug-likeness (QED) is 0.443. The second-order valence-electron chi connectivity index (χ2n) is 7.98. The van der Waals surface area contributed by atoms with Gasteiger partial charge in [0.05, 0.1) is 11.6 Å². The van der Waals surface area contributed by atoms with Crippen LogP contribution in [0.3, 0.4) is 0 Å². The maximum atomic E-state index is 15.3. The number of carbonyl (C=O) groups is 3. The Bertz CT molecular complexity index is 1170. The second kappa shape index (κ2) is 8.97. The van der Waals surface area contributed by atoms with E-state index in [1.807, 2.05) is 0 Å². The summed E-state index contributed by atoms with van der Waals surface area (Å²) in [4.78, 5) is 37.5. The van der Waals surface area contributed by atoms with Crippen LogP contribution in [0.2, 0.25) is 5.02 Å². The number of aliphatic hydroxyl groups excluding tert-OH is 1. The summed E-state index contributed by atoms with van der Waals surface area (Å²) in [6, 6.07) is 3.91. The molecular formula is C22H18ClF4N3O4. The van der Waals surface area contributed by atoms with Crippen molar-refractivity contribution in [3.05, 3.63) is 69.5 Å². The summed E-state index contributed by atoms with van der Waals surface area (Å²) in [6.45, 7) is -0.275. The second-order valence-corrected chi connectivity index (χ2v) is 8.38. The van der Waals surface area contributed by atoms with Gasteiger partial charge in [-0.05, 0) is 18.6 Å². The Kier molecular flexibility index (Phi) is 6.36. The predicted octanol–water partition coefficient (Wildman–Crippen LogP) is 3.12. The number of aliphatic hydroxyl groups is 1. The molecule has 0 saturated carbocycles. The van der Waals surface area contributed by atoms with Crippen LogP contribution in [0.15, 0.2) is 36.4 Å². The number of fused-ring (bicyclic) bond motifs is 1. The summed E-state index contributed by atoms with van der Waals surface area (Å²) in [6.07, 6.45) is -6.16. The maximum Gasteiger partial charge on any atom is 0.412 e. The van der Waals surface area contributed by atoms with Crippen LogP contribution in [0.1, 0.15) is 52.2 Å². The summed E-state index contributed by atoms with van der Waals surface area (Å²) < 4.78 is 56.3. The Morgan fingerprint density at radius 2 is 1.91 bits per heavy atom. The van der Waals surface area contributed by atoms with Crippen LogP contribution in [0.25, 0.3) is 0 Å². The zero-order valence-electron chi connectivity index (χ0n) is 17.3. The Morgan fingerprint density at radius 3 is 2.56 bits per heavy atom. The Labute approximate surface area is 195 Å². The third-order valence-corrected chi connectivity index (χ3v) is 6.23. The molecule has 3 unspecified atom stereocenters. The van der Waals surface area contributed by atoms with Gasteiger partial charge in [-0.1, -0.05) is 35.9 Å². The fourth-order valence-electron chi connectivity index (χ4n) is 4.19. The van der Waals surface area contributed by atoms with E-state index < -0.39 is 59.2 Å². The van der Waals surface area contributed by atoms with Crippen LogP contribution in [0.5, 0.6) is 0 Å². The van der Waals surface area contributed by atoms with Gasteiger partial charge in [0, 0.05) is 34.7 Å². The van der Waals surface area contributed by atoms with Crippen molar-refractivity contribution < 1.29 is 37.1 Å². The molecule has 2 aliphatic rings. The van der Waals surface area contributed by atoms with E-state index >= 15 is 4.39 Å². The van der Waals surface area contributed by atoms with Crippen molar-refractivity contribution in [1.82, 2.24) is 15.5 Å². The average molecular weight is 500 g/mol. The van der Waals surface area contributed by atoms with Gasteiger partial charge in [0.1, 0.15) is 12.0 Å². The topological polar surface area (TPSA) is 98.7 Å². The number of alkyl halides is 3. The van der Waals surface area contributed by atoms with Crippen LogP contribution >= 0.6 is 11.6 Å². The third kappa shape index (κ3) is 4.38. The van der Waals surface area contributed by atoms with Crippen molar-refractivity contribution in [1.29, 1.82) is 0 Å². The number of halogens is 5. The molecule has 3 amide bonds. The fraction of sp³-hybridized carbons (Fsp3) is 0.318. The van der Waals surface area contributed by atoms with Gasteiger partial charge in [-0.2, -0.15) is 13.2 Å². The molecule has 2 aromatic rings. The van der Waals surface area contributed by atoms with Crippen LogP contribution in [0.4, 0.5) is 17.6 Å². The minimum Gasteiger partial charge on any atom is -0.374 e. The van der Waals surface area contributed by atoms with Gasteiger partial charge in [0.15, 0.2) is 6.04 Å². The predicted molar refractivity (Wildman–Crippen MR) is 111 cm³/mol. The monoisotopic (exact) mass is 499 g/mol. The molecule has 0 aromatic heterocycles. The number of imide groups is 1. The minimum atomic E-state index is -4.91. The Morgan fingerprint density at radius 1 is 1.21 bits per heavy atom. The van der Waals surface area contributed by atoms with Crippen molar-refractivity contribution in [2.45, 2.75) is 43.9 Å². The summed E-state index contributed by atoms with van der Waals surface area (Å²) in [7, 11) is 0. The molecular weight excluding hydrogens is 482 g/mol. The average Bonchev–Trinajstić information content (AvgIpc) is 3.09. The van der Waals surface area contributed by atoms with Gasteiger partial charge in [-0.3, -0.25) is 24.6 Å². The molecule has 12 heteroatoms. The molecule has 3 N–H and O–H groups in total. The molecule has 0 radical (unpaired) electrons. The normalized spacial score (nSPS) is 21.7. The number of nitrogens with one attached hydrogen (secondary N) is 2. The van der Waals surface area contributed by atoms with Crippen LogP contribution in [-0.4, -0.2) is 39.9 Å². The zero-order valence-corrected chi connectivity index (χ0v) is 18.1. The first-order chi connectivity index (χ1) is 16.0. The standard InChI is InChI=1S/C22H18ClF4N3O4/c23-14-4-2-1-3-11(14)18(22(25,26)27)29-19(32)12-6-5-10-13(17(12)24)9-30(21(10)34)15-7-8-16(31)28-20(15)33/h1-6,15,18,21,34H,7-9H2,(H,29,32)(H,28,31,33). The molecule has 2 aliphatic heterocycles. The van der Waals surface area contributed by atoms with E-state index in [1.165, 1.54) is 29.2 Å². The Hall–Kier alpha value is -3.02. The number of carbonyl (C=O) groups excluding carboxylic acids is 3. The largest absolute Gasteiger partial charge is 0.412 e. The lowest BCUT2D eigenvalue weighted by molar-refractivity contribution is -0.155. The van der Waals surface area contributed by atoms with Crippen molar-refractivity contribution in [3.8, 4) is 0 Å². The smallest absolute Gasteiger partial charge is 0.374 e. The van der Waals surface area contributed by atoms with Crippen LogP contribution in [0, 0.1) is 5.82 Å². The molecule has 180 valence electrons. The van der Waals surface area contributed by atoms with E-state index in [0.717, 1.165) is 12.1 Å². The summed E-state index contributed by atoms with van der Waals surface area (Å²) >= 11 is 5.88. The van der Waals surface area contributed by atoms with Gasteiger partial charge >= 0.3 is 6.18 Å². The van der Waals surface area contributed by atoms with Gasteiger partial charge in [0.25, 0.3) is 5.91 Å². The van der Waals surface area contributed by atoms with E-state index in [-0.39, 0.29) is 35.5 Å². The number of rotatable bonds is 4. The summed E-state index contributed by atoms with van der Waals surface area (Å²) in [5.74, 6) is -3.54. The molecule has 2 aromatic carbocycles. The first-order valence-electron chi connectivity index (χ1n) is 10.2. The lowest BCUT2D eigenvalue weighted by Gasteiger charge is -2.31. The SMILES string of the molecule is O=C1CCC(N2Cc3c(ccc(C(=O)NC(c4ccccc4Cl)C(F)(F)F)c3F)C2O)C(=O)N1. The van der Waals surface area contributed by atoms with Crippen molar-refractivity contribution in [2.24, 2.45) is 0 Å². The molecule has 7 nitrogen and oxygen atoms in total. The summed E-state index contributed by atoms with van der Waals surface area (Å²) in [5, 5.41) is 14.3. The number of benzene rings is 2. The maximum absolute atomic E-state index is 15.3. The van der Waals surface area contributed by atoms with E-state index in [2.05, 4.69) is 5.32 Å². The molecule has 0 spiro atoms. The lowest BCUT2D eigenvalue weighted by Crippen LogP contribution is -2.51. The fourth-order valence-corrected chi connectivity index (χ4v) is 4.44. The van der Waals surface area contributed by atoms with Gasteiger partial charge < -0.3 is 10.4 Å². The molecule has 1 fully saturated rings. The number of piperidine rings is 1. The van der Waals surface area contributed by atoms with E-state index in [9.17, 15) is 32.7 Å². The highest BCUT2D eigenvalue weighted by molar-refractivity contribution is 6.31. The molecule has 1 saturated heterocycles. The van der Waals surface area contributed by atoms with E-state index in [4.69, 9.17) is 11.6 Å². The van der Waals surface area contributed by atoms with Gasteiger partial charge in [-0.15, -0.1) is 0 Å². The van der Waals surface area contributed by atoms with Crippen LogP contribution < -0.4 is 10.6 Å². The number of hydrogen-bond acceptors (Lipinski definition) is 5. The highest BCUT2D eigenvalue weighted by Crippen LogP contribution is 2.39. The van der Waals surface area contributed by atoms with Crippen LogP contribution in [-0.2, 0) is 16.1 Å². The molecule has 0 bridgehead atoms. The molecule has 0 aliphatic carbocycles. The highest BCUT2D eigenvalue weighted by Gasteiger charge is 2.44. The summed E-state index contributed by atoms with van der Waals surface area (Å²) in [5.41, 5.74) is -1.09. The number of hydrogen-bond donors (Lipinski definition) is 3. The van der Waals surface area contributed by atoms with Gasteiger partial charge in [-0.25, -0.2) is 4.39 Å². The van der Waals surface area contributed by atoms with Crippen molar-refractivity contribution >= 4 is 29.3 Å². The molecule has 2 heterocycles. The Balaban J connectivity index is 1.60. The highest BCUT2D eigenvalue weighted by atomic mass is 35.5. The van der Waals surface area contributed by atoms with Crippen molar-refractivity contribution in [2.75, 3.05) is 0 Å². The van der Waals surface area contributed by atoms with E-state index in [0.29, 0.717) is 0 Å². The molecule has 3 atom stereocenters. The first-order valence-corrected chi connectivity index (χ1v) is 10.6. The lowest BCUT2D eigenvalue weighted by atomic mass is 10.0. The van der Waals surface area contributed by atoms with E-state index in [1.54, 1.807) is 5.32 Å². The van der Waals surface area contributed by atoms with Crippen molar-refractivity contribution in [3.63, 3.8) is 0 Å². The number of amides is 3. The third-order valence-electron chi connectivity index (χ3n) is 5.89. The zero-order chi connectivity index (χ0) is 24.8. The first kappa shape index (κ1) is 24.1. The molecule has 4 rings (SSSR count). The number of nitrogens with zero attached hydrogens (tertiary/aromatic N) is 1.